The molecule has 0 bridgehead atoms. The highest BCUT2D eigenvalue weighted by Gasteiger charge is 2.17. The van der Waals surface area contributed by atoms with E-state index in [0.717, 1.165) is 0 Å². The normalized spacial score (nSPS) is 10.5. The van der Waals surface area contributed by atoms with Crippen LogP contribution in [0.2, 0.25) is 5.02 Å². The van der Waals surface area contributed by atoms with Crippen molar-refractivity contribution in [2.24, 2.45) is 0 Å². The van der Waals surface area contributed by atoms with Crippen molar-refractivity contribution in [1.29, 1.82) is 0 Å². The molecular weight excluding hydrogens is 294 g/mol. The summed E-state index contributed by atoms with van der Waals surface area (Å²) in [7, 11) is 1.47. The van der Waals surface area contributed by atoms with Crippen molar-refractivity contribution < 1.29 is 14.6 Å². The Balaban J connectivity index is 2.78. The first-order valence-corrected chi connectivity index (χ1v) is 6.55. The van der Waals surface area contributed by atoms with Crippen molar-refractivity contribution in [2.75, 3.05) is 7.11 Å². The number of halogens is 1. The smallest absolute Gasteiger partial charge is 0.337 e. The summed E-state index contributed by atoms with van der Waals surface area (Å²) in [6, 6.07) is 6.14. The Bertz CT molecular complexity index is 780. The number of benzene rings is 1. The second-order valence-electron chi connectivity index (χ2n) is 4.59. The van der Waals surface area contributed by atoms with Crippen LogP contribution in [0.3, 0.4) is 0 Å². The molecule has 1 heterocycles. The van der Waals surface area contributed by atoms with Gasteiger partial charge in [0, 0.05) is 17.8 Å². The number of aromatic nitrogens is 1. The van der Waals surface area contributed by atoms with Crippen LogP contribution in [-0.2, 0) is 0 Å². The highest BCUT2D eigenvalue weighted by molar-refractivity contribution is 6.32. The SMILES string of the molecule is COc1cc(-n2c(C)c(C(=O)O)c(C)cc2=O)ccc1Cl. The zero-order valence-electron chi connectivity index (χ0n) is 11.8. The molecular formula is C15H14ClNO4. The van der Waals surface area contributed by atoms with Crippen LogP contribution in [0, 0.1) is 13.8 Å². The van der Waals surface area contributed by atoms with Crippen molar-refractivity contribution in [3.63, 3.8) is 0 Å². The minimum absolute atomic E-state index is 0.114. The van der Waals surface area contributed by atoms with E-state index < -0.39 is 5.97 Å². The summed E-state index contributed by atoms with van der Waals surface area (Å²) in [6.45, 7) is 3.20. The number of rotatable bonds is 3. The monoisotopic (exact) mass is 307 g/mol. The van der Waals surface area contributed by atoms with Gasteiger partial charge in [0.25, 0.3) is 5.56 Å². The summed E-state index contributed by atoms with van der Waals surface area (Å²) < 4.78 is 6.45. The fourth-order valence-corrected chi connectivity index (χ4v) is 2.51. The van der Waals surface area contributed by atoms with Gasteiger partial charge >= 0.3 is 5.97 Å². The van der Waals surface area contributed by atoms with E-state index in [1.54, 1.807) is 32.0 Å². The standard InChI is InChI=1S/C15H14ClNO4/c1-8-6-13(18)17(9(2)14(8)15(19)20)10-4-5-11(16)12(7-10)21-3/h4-7H,1-3H3,(H,19,20). The van der Waals surface area contributed by atoms with Gasteiger partial charge in [-0.25, -0.2) is 4.79 Å². The maximum atomic E-state index is 12.2. The molecule has 0 aliphatic rings. The molecule has 21 heavy (non-hydrogen) atoms. The maximum Gasteiger partial charge on any atom is 0.337 e. The molecule has 2 aromatic rings. The van der Waals surface area contributed by atoms with Gasteiger partial charge in [-0.2, -0.15) is 0 Å². The summed E-state index contributed by atoms with van der Waals surface area (Å²) in [5.41, 5.74) is 1.10. The van der Waals surface area contributed by atoms with Gasteiger partial charge in [0.15, 0.2) is 0 Å². The van der Waals surface area contributed by atoms with Crippen LogP contribution >= 0.6 is 11.6 Å². The molecule has 5 nitrogen and oxygen atoms in total. The Hall–Kier alpha value is -2.27. The lowest BCUT2D eigenvalue weighted by Gasteiger charge is -2.15. The molecule has 0 amide bonds. The molecule has 1 aromatic heterocycles. The third-order valence-corrected chi connectivity index (χ3v) is 3.57. The van der Waals surface area contributed by atoms with E-state index in [1.807, 2.05) is 0 Å². The van der Waals surface area contributed by atoms with E-state index >= 15 is 0 Å². The fourth-order valence-electron chi connectivity index (χ4n) is 2.32. The third-order valence-electron chi connectivity index (χ3n) is 3.26. The number of carboxylic acids is 1. The Morgan fingerprint density at radius 1 is 1.29 bits per heavy atom. The van der Waals surface area contributed by atoms with Gasteiger partial charge in [0.05, 0.1) is 23.4 Å². The lowest BCUT2D eigenvalue weighted by Crippen LogP contribution is -2.24. The third kappa shape index (κ3) is 2.64. The van der Waals surface area contributed by atoms with Crippen LogP contribution in [0.1, 0.15) is 21.6 Å². The number of carboxylic acid groups (broad SMARTS) is 1. The van der Waals surface area contributed by atoms with Crippen LogP contribution in [-0.4, -0.2) is 22.8 Å². The number of methoxy groups -OCH3 is 1. The average Bonchev–Trinajstić information content (AvgIpc) is 2.39. The second-order valence-corrected chi connectivity index (χ2v) is 4.99. The quantitative estimate of drug-likeness (QED) is 0.946. The molecule has 0 spiro atoms. The lowest BCUT2D eigenvalue weighted by molar-refractivity contribution is 0.0694. The minimum atomic E-state index is -1.07. The molecule has 0 aliphatic carbocycles. The predicted octanol–water partition coefficient (Wildman–Crippen LogP) is 2.81. The molecule has 6 heteroatoms. The maximum absolute atomic E-state index is 12.2. The van der Waals surface area contributed by atoms with Crippen molar-refractivity contribution >= 4 is 17.6 Å². The van der Waals surface area contributed by atoms with Crippen LogP contribution < -0.4 is 10.3 Å². The van der Waals surface area contributed by atoms with Crippen LogP contribution in [0.25, 0.3) is 5.69 Å². The Labute approximate surface area is 126 Å². The molecule has 0 saturated carbocycles. The van der Waals surface area contributed by atoms with Gasteiger partial charge in [0.2, 0.25) is 0 Å². The molecule has 1 N–H and O–H groups in total. The van der Waals surface area contributed by atoms with Gasteiger partial charge in [-0.3, -0.25) is 9.36 Å². The first-order chi connectivity index (χ1) is 9.86. The largest absolute Gasteiger partial charge is 0.495 e. The first kappa shape index (κ1) is 15.1. The number of aromatic carboxylic acids is 1. The fraction of sp³-hybridized carbons (Fsp3) is 0.200. The number of hydrogen-bond donors (Lipinski definition) is 1. The van der Waals surface area contributed by atoms with E-state index in [0.29, 0.717) is 27.7 Å². The molecule has 0 fully saturated rings. The van der Waals surface area contributed by atoms with Gasteiger partial charge < -0.3 is 9.84 Å². The molecule has 2 rings (SSSR count). The summed E-state index contributed by atoms with van der Waals surface area (Å²) in [6.07, 6.45) is 0. The molecule has 1 aromatic carbocycles. The zero-order valence-corrected chi connectivity index (χ0v) is 12.6. The van der Waals surface area contributed by atoms with Crippen LogP contribution in [0.4, 0.5) is 0 Å². The average molecular weight is 308 g/mol. The summed E-state index contributed by atoms with van der Waals surface area (Å²) in [4.78, 5) is 23.6. The van der Waals surface area contributed by atoms with Gasteiger partial charge in [0.1, 0.15) is 5.75 Å². The Kier molecular flexibility index (Phi) is 4.04. The van der Waals surface area contributed by atoms with E-state index in [4.69, 9.17) is 16.3 Å². The topological polar surface area (TPSA) is 68.5 Å². The summed E-state index contributed by atoms with van der Waals surface area (Å²) in [5.74, 6) is -0.655. The molecule has 0 saturated heterocycles. The van der Waals surface area contributed by atoms with Gasteiger partial charge in [-0.15, -0.1) is 0 Å². The van der Waals surface area contributed by atoms with Gasteiger partial charge in [-0.05, 0) is 31.5 Å². The lowest BCUT2D eigenvalue weighted by atomic mass is 10.1. The van der Waals surface area contributed by atoms with E-state index in [9.17, 15) is 14.7 Å². The Morgan fingerprint density at radius 2 is 1.95 bits per heavy atom. The number of ether oxygens (including phenoxy) is 1. The number of pyridine rings is 1. The van der Waals surface area contributed by atoms with Crippen molar-refractivity contribution in [1.82, 2.24) is 4.57 Å². The predicted molar refractivity (Wildman–Crippen MR) is 80.0 cm³/mol. The zero-order chi connectivity index (χ0) is 15.7. The number of carbonyl (C=O) groups is 1. The number of hydrogen-bond acceptors (Lipinski definition) is 3. The van der Waals surface area contributed by atoms with Gasteiger partial charge in [-0.1, -0.05) is 11.6 Å². The van der Waals surface area contributed by atoms with Crippen molar-refractivity contribution in [2.45, 2.75) is 13.8 Å². The molecule has 0 atom stereocenters. The van der Waals surface area contributed by atoms with Crippen molar-refractivity contribution in [3.05, 3.63) is 56.5 Å². The van der Waals surface area contributed by atoms with E-state index in [2.05, 4.69) is 0 Å². The number of nitrogens with zero attached hydrogens (tertiary/aromatic N) is 1. The van der Waals surface area contributed by atoms with Crippen LogP contribution in [0.15, 0.2) is 29.1 Å². The van der Waals surface area contributed by atoms with Crippen molar-refractivity contribution in [3.8, 4) is 11.4 Å². The molecule has 0 unspecified atom stereocenters. The highest BCUT2D eigenvalue weighted by Crippen LogP contribution is 2.27. The minimum Gasteiger partial charge on any atom is -0.495 e. The second kappa shape index (κ2) is 5.61. The van der Waals surface area contributed by atoms with Crippen LogP contribution in [0.5, 0.6) is 5.75 Å². The molecule has 0 aliphatic heterocycles. The number of aryl methyl sites for hydroxylation is 1. The van der Waals surface area contributed by atoms with E-state index in [1.165, 1.54) is 17.7 Å². The molecule has 0 radical (unpaired) electrons. The highest BCUT2D eigenvalue weighted by atomic mass is 35.5. The summed E-state index contributed by atoms with van der Waals surface area (Å²) in [5, 5.41) is 9.71. The molecule has 110 valence electrons. The summed E-state index contributed by atoms with van der Waals surface area (Å²) >= 11 is 5.96. The first-order valence-electron chi connectivity index (χ1n) is 6.17. The van der Waals surface area contributed by atoms with E-state index in [-0.39, 0.29) is 11.1 Å². The Morgan fingerprint density at radius 3 is 2.52 bits per heavy atom.